The normalized spacial score (nSPS) is 20.3. The highest BCUT2D eigenvalue weighted by molar-refractivity contribution is 9.10. The zero-order valence-electron chi connectivity index (χ0n) is 10.5. The highest BCUT2D eigenvalue weighted by Crippen LogP contribution is 2.15. The van der Waals surface area contributed by atoms with Crippen LogP contribution in [0, 0.1) is 5.92 Å². The van der Waals surface area contributed by atoms with Gasteiger partial charge in [-0.05, 0) is 15.9 Å². The van der Waals surface area contributed by atoms with E-state index >= 15 is 0 Å². The smallest absolute Gasteiger partial charge is 0.228 e. The number of nitrogens with one attached hydrogen (secondary N) is 1. The zero-order valence-corrected chi connectivity index (χ0v) is 12.1. The number of hydrogen-bond acceptors (Lipinski definition) is 5. The van der Waals surface area contributed by atoms with Crippen LogP contribution < -0.4 is 10.2 Å². The molecule has 0 bridgehead atoms. The third-order valence-corrected chi connectivity index (χ3v) is 4.02. The van der Waals surface area contributed by atoms with Gasteiger partial charge in [-0.3, -0.25) is 4.79 Å². The SMILES string of the molecule is O=C(C1CNC1)N1CCN(c2ncc(Br)cn2)CC1. The van der Waals surface area contributed by atoms with Crippen LogP contribution in [0.15, 0.2) is 16.9 Å². The van der Waals surface area contributed by atoms with E-state index in [1.807, 2.05) is 4.90 Å². The molecular formula is C12H16BrN5O. The Hall–Kier alpha value is -1.21. The van der Waals surface area contributed by atoms with E-state index in [-0.39, 0.29) is 11.8 Å². The number of halogens is 1. The summed E-state index contributed by atoms with van der Waals surface area (Å²) in [4.78, 5) is 24.8. The number of anilines is 1. The maximum atomic E-state index is 12.1. The van der Waals surface area contributed by atoms with Crippen molar-refractivity contribution >= 4 is 27.8 Å². The number of hydrogen-bond donors (Lipinski definition) is 1. The molecule has 0 radical (unpaired) electrons. The summed E-state index contributed by atoms with van der Waals surface area (Å²) in [7, 11) is 0. The lowest BCUT2D eigenvalue weighted by atomic mass is 10.0. The monoisotopic (exact) mass is 325 g/mol. The molecule has 3 rings (SSSR count). The van der Waals surface area contributed by atoms with Crippen molar-refractivity contribution in [1.29, 1.82) is 0 Å². The van der Waals surface area contributed by atoms with E-state index in [1.54, 1.807) is 12.4 Å². The van der Waals surface area contributed by atoms with Crippen molar-refractivity contribution < 1.29 is 4.79 Å². The summed E-state index contributed by atoms with van der Waals surface area (Å²) in [6, 6.07) is 0. The molecule has 0 aliphatic carbocycles. The zero-order chi connectivity index (χ0) is 13.2. The maximum Gasteiger partial charge on any atom is 0.228 e. The van der Waals surface area contributed by atoms with Gasteiger partial charge in [0.15, 0.2) is 0 Å². The van der Waals surface area contributed by atoms with Crippen LogP contribution in [0.4, 0.5) is 5.95 Å². The van der Waals surface area contributed by atoms with Gasteiger partial charge in [0.1, 0.15) is 0 Å². The number of piperazine rings is 1. The van der Waals surface area contributed by atoms with Crippen LogP contribution in [-0.2, 0) is 4.79 Å². The van der Waals surface area contributed by atoms with Gasteiger partial charge in [-0.25, -0.2) is 9.97 Å². The van der Waals surface area contributed by atoms with Gasteiger partial charge in [0.05, 0.1) is 10.4 Å². The van der Waals surface area contributed by atoms with Gasteiger partial charge in [0.25, 0.3) is 0 Å². The van der Waals surface area contributed by atoms with Gasteiger partial charge in [-0.2, -0.15) is 0 Å². The Kier molecular flexibility index (Phi) is 3.65. The van der Waals surface area contributed by atoms with Crippen molar-refractivity contribution in [2.24, 2.45) is 5.92 Å². The molecule has 102 valence electrons. The third kappa shape index (κ3) is 2.71. The number of carbonyl (C=O) groups excluding carboxylic acids is 1. The fourth-order valence-corrected chi connectivity index (χ4v) is 2.52. The highest BCUT2D eigenvalue weighted by atomic mass is 79.9. The second kappa shape index (κ2) is 5.42. The predicted octanol–water partition coefficient (Wildman–Crippen LogP) is 0.107. The average Bonchev–Trinajstić information content (AvgIpc) is 2.38. The second-order valence-electron chi connectivity index (χ2n) is 4.87. The van der Waals surface area contributed by atoms with E-state index in [2.05, 4.69) is 36.1 Å². The molecule has 0 spiro atoms. The lowest BCUT2D eigenvalue weighted by molar-refractivity contribution is -0.137. The van der Waals surface area contributed by atoms with Crippen molar-refractivity contribution in [3.8, 4) is 0 Å². The summed E-state index contributed by atoms with van der Waals surface area (Å²) < 4.78 is 0.877. The van der Waals surface area contributed by atoms with Crippen molar-refractivity contribution in [3.05, 3.63) is 16.9 Å². The van der Waals surface area contributed by atoms with Gasteiger partial charge in [0, 0.05) is 51.7 Å². The first-order chi connectivity index (χ1) is 9.24. The average molecular weight is 326 g/mol. The van der Waals surface area contributed by atoms with Crippen LogP contribution in [0.1, 0.15) is 0 Å². The van der Waals surface area contributed by atoms with E-state index < -0.39 is 0 Å². The molecule has 2 aliphatic rings. The molecule has 19 heavy (non-hydrogen) atoms. The lowest BCUT2D eigenvalue weighted by Gasteiger charge is -2.38. The van der Waals surface area contributed by atoms with E-state index in [0.29, 0.717) is 0 Å². The van der Waals surface area contributed by atoms with E-state index in [9.17, 15) is 4.79 Å². The fourth-order valence-electron chi connectivity index (χ4n) is 2.32. The van der Waals surface area contributed by atoms with E-state index in [0.717, 1.165) is 49.7 Å². The first-order valence-electron chi connectivity index (χ1n) is 6.46. The molecule has 7 heteroatoms. The molecule has 1 aromatic heterocycles. The quantitative estimate of drug-likeness (QED) is 0.836. The molecule has 3 heterocycles. The maximum absolute atomic E-state index is 12.1. The van der Waals surface area contributed by atoms with Crippen LogP contribution in [0.5, 0.6) is 0 Å². The first-order valence-corrected chi connectivity index (χ1v) is 7.25. The van der Waals surface area contributed by atoms with Gasteiger partial charge < -0.3 is 15.1 Å². The van der Waals surface area contributed by atoms with Gasteiger partial charge in [0.2, 0.25) is 11.9 Å². The Morgan fingerprint density at radius 2 is 1.84 bits per heavy atom. The molecule has 1 amide bonds. The molecule has 0 saturated carbocycles. The van der Waals surface area contributed by atoms with Crippen molar-refractivity contribution in [2.45, 2.75) is 0 Å². The molecule has 0 aromatic carbocycles. The molecule has 1 N–H and O–H groups in total. The van der Waals surface area contributed by atoms with Crippen molar-refractivity contribution in [3.63, 3.8) is 0 Å². The minimum Gasteiger partial charge on any atom is -0.339 e. The second-order valence-corrected chi connectivity index (χ2v) is 5.78. The molecule has 0 atom stereocenters. The van der Waals surface area contributed by atoms with Crippen LogP contribution in [0.3, 0.4) is 0 Å². The van der Waals surface area contributed by atoms with Crippen molar-refractivity contribution in [1.82, 2.24) is 20.2 Å². The largest absolute Gasteiger partial charge is 0.339 e. The van der Waals surface area contributed by atoms with Crippen molar-refractivity contribution in [2.75, 3.05) is 44.2 Å². The standard InChI is InChI=1S/C12H16BrN5O/c13-10-7-15-12(16-8-10)18-3-1-17(2-4-18)11(19)9-5-14-6-9/h7-9,14H,1-6H2. The van der Waals surface area contributed by atoms with Crippen LogP contribution in [0.25, 0.3) is 0 Å². The molecule has 6 nitrogen and oxygen atoms in total. The topological polar surface area (TPSA) is 61.4 Å². The Bertz CT molecular complexity index is 454. The minimum absolute atomic E-state index is 0.190. The Morgan fingerprint density at radius 3 is 2.37 bits per heavy atom. The Balaban J connectivity index is 1.56. The Morgan fingerprint density at radius 1 is 1.21 bits per heavy atom. The molecule has 2 aliphatic heterocycles. The van der Waals surface area contributed by atoms with E-state index in [4.69, 9.17) is 0 Å². The van der Waals surface area contributed by atoms with Crippen LogP contribution in [-0.4, -0.2) is 60.0 Å². The number of nitrogens with zero attached hydrogens (tertiary/aromatic N) is 4. The van der Waals surface area contributed by atoms with Crippen LogP contribution in [0.2, 0.25) is 0 Å². The van der Waals surface area contributed by atoms with Gasteiger partial charge in [-0.1, -0.05) is 0 Å². The number of rotatable bonds is 2. The van der Waals surface area contributed by atoms with E-state index in [1.165, 1.54) is 0 Å². The summed E-state index contributed by atoms with van der Waals surface area (Å²) in [6.45, 7) is 4.77. The summed E-state index contributed by atoms with van der Waals surface area (Å²) in [6.07, 6.45) is 3.50. The molecular weight excluding hydrogens is 310 g/mol. The van der Waals surface area contributed by atoms with Gasteiger partial charge >= 0.3 is 0 Å². The summed E-state index contributed by atoms with van der Waals surface area (Å²) in [5.74, 6) is 1.21. The highest BCUT2D eigenvalue weighted by Gasteiger charge is 2.31. The number of aromatic nitrogens is 2. The minimum atomic E-state index is 0.190. The molecule has 2 saturated heterocycles. The fraction of sp³-hybridized carbons (Fsp3) is 0.583. The van der Waals surface area contributed by atoms with Crippen LogP contribution >= 0.6 is 15.9 Å². The summed E-state index contributed by atoms with van der Waals surface area (Å²) in [5.41, 5.74) is 0. The third-order valence-electron chi connectivity index (χ3n) is 3.61. The predicted molar refractivity (Wildman–Crippen MR) is 74.9 cm³/mol. The number of carbonyl (C=O) groups is 1. The number of amides is 1. The lowest BCUT2D eigenvalue weighted by Crippen LogP contribution is -2.56. The summed E-state index contributed by atoms with van der Waals surface area (Å²) in [5, 5.41) is 3.14. The molecule has 2 fully saturated rings. The molecule has 1 aromatic rings. The summed E-state index contributed by atoms with van der Waals surface area (Å²) >= 11 is 3.33. The first kappa shape index (κ1) is 12.8. The molecule has 0 unspecified atom stereocenters. The van der Waals surface area contributed by atoms with Gasteiger partial charge in [-0.15, -0.1) is 0 Å². The Labute approximate surface area is 120 Å².